The van der Waals surface area contributed by atoms with E-state index in [0.717, 1.165) is 45.6 Å². The molecule has 2 heterocycles. The van der Waals surface area contributed by atoms with Gasteiger partial charge >= 0.3 is 0 Å². The first kappa shape index (κ1) is 9.40. The lowest BCUT2D eigenvalue weighted by Crippen LogP contribution is -2.52. The Morgan fingerprint density at radius 2 is 2.15 bits per heavy atom. The molecule has 2 unspecified atom stereocenters. The van der Waals surface area contributed by atoms with Crippen molar-refractivity contribution in [3.63, 3.8) is 0 Å². The van der Waals surface area contributed by atoms with E-state index in [1.54, 1.807) is 0 Å². The maximum Gasteiger partial charge on any atom is 0.133 e. The van der Waals surface area contributed by atoms with Crippen LogP contribution in [0, 0.1) is 0 Å². The summed E-state index contributed by atoms with van der Waals surface area (Å²) in [5.74, 6) is 0. The van der Waals surface area contributed by atoms with Gasteiger partial charge in [-0.05, 0) is 12.8 Å². The van der Waals surface area contributed by atoms with Gasteiger partial charge in [-0.1, -0.05) is 0 Å². The van der Waals surface area contributed by atoms with Gasteiger partial charge in [0.25, 0.3) is 0 Å². The third-order valence-electron chi connectivity index (χ3n) is 2.82. The molecular weight excluding hydrogens is 168 g/mol. The van der Waals surface area contributed by atoms with E-state index in [-0.39, 0.29) is 12.3 Å². The molecule has 0 aromatic carbocycles. The zero-order valence-electron chi connectivity index (χ0n) is 7.91. The summed E-state index contributed by atoms with van der Waals surface area (Å²) in [6.45, 7) is 4.63. The molecule has 2 aliphatic heterocycles. The first-order valence-corrected chi connectivity index (χ1v) is 5.12. The number of hydrogen-bond acceptors (Lipinski definition) is 4. The van der Waals surface area contributed by atoms with Gasteiger partial charge < -0.3 is 15.2 Å². The van der Waals surface area contributed by atoms with Crippen LogP contribution in [0.2, 0.25) is 0 Å². The van der Waals surface area contributed by atoms with Crippen LogP contribution in [0.4, 0.5) is 0 Å². The van der Waals surface area contributed by atoms with Gasteiger partial charge in [0.05, 0.1) is 6.10 Å². The van der Waals surface area contributed by atoms with Crippen molar-refractivity contribution in [2.24, 2.45) is 0 Å². The van der Waals surface area contributed by atoms with Crippen LogP contribution in [0.5, 0.6) is 0 Å². The van der Waals surface area contributed by atoms with E-state index in [2.05, 4.69) is 10.2 Å². The van der Waals surface area contributed by atoms with Crippen LogP contribution >= 0.6 is 0 Å². The number of hydrogen-bond donors (Lipinski definition) is 2. The van der Waals surface area contributed by atoms with Crippen LogP contribution < -0.4 is 5.32 Å². The van der Waals surface area contributed by atoms with Crippen molar-refractivity contribution in [1.82, 2.24) is 10.2 Å². The molecule has 13 heavy (non-hydrogen) atoms. The smallest absolute Gasteiger partial charge is 0.133 e. The highest BCUT2D eigenvalue weighted by Crippen LogP contribution is 2.18. The van der Waals surface area contributed by atoms with Gasteiger partial charge in [0.15, 0.2) is 0 Å². The third kappa shape index (κ3) is 2.20. The van der Waals surface area contributed by atoms with E-state index >= 15 is 0 Å². The number of ether oxygens (including phenoxy) is 1. The lowest BCUT2D eigenvalue weighted by Gasteiger charge is -2.34. The predicted molar refractivity (Wildman–Crippen MR) is 49.4 cm³/mol. The molecule has 0 spiro atoms. The van der Waals surface area contributed by atoms with E-state index < -0.39 is 0 Å². The van der Waals surface area contributed by atoms with Crippen molar-refractivity contribution in [2.45, 2.75) is 25.2 Å². The second-order valence-electron chi connectivity index (χ2n) is 3.75. The summed E-state index contributed by atoms with van der Waals surface area (Å²) in [5.41, 5.74) is 0. The number of aliphatic hydroxyl groups is 1. The van der Waals surface area contributed by atoms with Gasteiger partial charge in [0.2, 0.25) is 0 Å². The SMILES string of the molecule is OC(C1CCCO1)N1CCNCC1. The molecule has 2 atom stereocenters. The number of aliphatic hydroxyl groups excluding tert-OH is 1. The molecule has 2 fully saturated rings. The van der Waals surface area contributed by atoms with E-state index in [4.69, 9.17) is 4.74 Å². The second kappa shape index (κ2) is 4.37. The molecule has 4 heteroatoms. The van der Waals surface area contributed by atoms with Crippen LogP contribution in [0.3, 0.4) is 0 Å². The molecule has 0 aromatic heterocycles. The van der Waals surface area contributed by atoms with Crippen LogP contribution in [0.15, 0.2) is 0 Å². The highest BCUT2D eigenvalue weighted by atomic mass is 16.5. The molecule has 4 nitrogen and oxygen atoms in total. The van der Waals surface area contributed by atoms with Crippen LogP contribution in [0.1, 0.15) is 12.8 Å². The molecule has 0 saturated carbocycles. The fraction of sp³-hybridized carbons (Fsp3) is 1.00. The fourth-order valence-electron chi connectivity index (χ4n) is 2.02. The van der Waals surface area contributed by atoms with Crippen molar-refractivity contribution in [1.29, 1.82) is 0 Å². The second-order valence-corrected chi connectivity index (χ2v) is 3.75. The van der Waals surface area contributed by atoms with Gasteiger partial charge in [0, 0.05) is 32.8 Å². The summed E-state index contributed by atoms with van der Waals surface area (Å²) in [5, 5.41) is 13.2. The third-order valence-corrected chi connectivity index (χ3v) is 2.82. The van der Waals surface area contributed by atoms with Crippen molar-refractivity contribution in [2.75, 3.05) is 32.8 Å². The van der Waals surface area contributed by atoms with Crippen molar-refractivity contribution in [3.05, 3.63) is 0 Å². The summed E-state index contributed by atoms with van der Waals surface area (Å²) < 4.78 is 5.46. The highest BCUT2D eigenvalue weighted by molar-refractivity contribution is 4.78. The topological polar surface area (TPSA) is 44.7 Å². The first-order valence-electron chi connectivity index (χ1n) is 5.12. The number of rotatable bonds is 2. The Bertz CT molecular complexity index is 154. The Balaban J connectivity index is 1.83. The average molecular weight is 186 g/mol. The summed E-state index contributed by atoms with van der Waals surface area (Å²) in [6, 6.07) is 0. The fourth-order valence-corrected chi connectivity index (χ4v) is 2.02. The summed E-state index contributed by atoms with van der Waals surface area (Å²) >= 11 is 0. The lowest BCUT2D eigenvalue weighted by molar-refractivity contribution is -0.0940. The maximum absolute atomic E-state index is 9.95. The zero-order chi connectivity index (χ0) is 9.10. The normalized spacial score (nSPS) is 33.5. The molecule has 76 valence electrons. The minimum atomic E-state index is -0.385. The predicted octanol–water partition coefficient (Wildman–Crippen LogP) is -0.611. The van der Waals surface area contributed by atoms with Gasteiger partial charge in [-0.15, -0.1) is 0 Å². The molecule has 0 amide bonds. The first-order chi connectivity index (χ1) is 6.38. The van der Waals surface area contributed by atoms with Crippen molar-refractivity contribution in [3.8, 4) is 0 Å². The van der Waals surface area contributed by atoms with Crippen molar-refractivity contribution >= 4 is 0 Å². The summed E-state index contributed by atoms with van der Waals surface area (Å²) in [6.07, 6.45) is 1.77. The van der Waals surface area contributed by atoms with Crippen molar-refractivity contribution < 1.29 is 9.84 Å². The van der Waals surface area contributed by atoms with Gasteiger partial charge in [-0.2, -0.15) is 0 Å². The Kier molecular flexibility index (Phi) is 3.16. The molecule has 0 aromatic rings. The average Bonchev–Trinajstić information content (AvgIpc) is 2.71. The highest BCUT2D eigenvalue weighted by Gasteiger charge is 2.29. The monoisotopic (exact) mass is 186 g/mol. The molecule has 0 aliphatic carbocycles. The Morgan fingerprint density at radius 1 is 1.38 bits per heavy atom. The Morgan fingerprint density at radius 3 is 2.77 bits per heavy atom. The molecule has 0 bridgehead atoms. The van der Waals surface area contributed by atoms with Crippen LogP contribution in [0.25, 0.3) is 0 Å². The molecule has 0 radical (unpaired) electrons. The Hall–Kier alpha value is -0.160. The molecule has 2 N–H and O–H groups in total. The molecular formula is C9H18N2O2. The largest absolute Gasteiger partial charge is 0.376 e. The van der Waals surface area contributed by atoms with Crippen LogP contribution in [-0.2, 0) is 4.74 Å². The number of nitrogens with zero attached hydrogens (tertiary/aromatic N) is 1. The van der Waals surface area contributed by atoms with Gasteiger partial charge in [0.1, 0.15) is 6.23 Å². The van der Waals surface area contributed by atoms with E-state index in [1.165, 1.54) is 0 Å². The van der Waals surface area contributed by atoms with E-state index in [0.29, 0.717) is 0 Å². The minimum absolute atomic E-state index is 0.0538. The van der Waals surface area contributed by atoms with Gasteiger partial charge in [-0.3, -0.25) is 4.90 Å². The molecule has 2 saturated heterocycles. The Labute approximate surface area is 78.9 Å². The van der Waals surface area contributed by atoms with Crippen LogP contribution in [-0.4, -0.2) is 55.1 Å². The van der Waals surface area contributed by atoms with E-state index in [1.807, 2.05) is 0 Å². The number of nitrogens with one attached hydrogen (secondary N) is 1. The quantitative estimate of drug-likeness (QED) is 0.604. The van der Waals surface area contributed by atoms with E-state index in [9.17, 15) is 5.11 Å². The minimum Gasteiger partial charge on any atom is -0.376 e. The lowest BCUT2D eigenvalue weighted by atomic mass is 10.2. The maximum atomic E-state index is 9.95. The summed E-state index contributed by atoms with van der Waals surface area (Å²) in [7, 11) is 0. The number of piperazine rings is 1. The standard InChI is InChI=1S/C9H18N2O2/c12-9(8-2-1-7-13-8)11-5-3-10-4-6-11/h8-10,12H,1-7H2. The molecule has 2 rings (SSSR count). The zero-order valence-corrected chi connectivity index (χ0v) is 7.91. The van der Waals surface area contributed by atoms with Gasteiger partial charge in [-0.25, -0.2) is 0 Å². The summed E-state index contributed by atoms with van der Waals surface area (Å²) in [4.78, 5) is 2.10. The molecule has 2 aliphatic rings.